The second-order valence-corrected chi connectivity index (χ2v) is 4.96. The molecule has 6 nitrogen and oxygen atoms in total. The van der Waals surface area contributed by atoms with Crippen LogP contribution in [0, 0.1) is 0 Å². The van der Waals surface area contributed by atoms with Crippen LogP contribution in [0.5, 0.6) is 0 Å². The van der Waals surface area contributed by atoms with Gasteiger partial charge in [-0.2, -0.15) is 0 Å². The van der Waals surface area contributed by atoms with Gasteiger partial charge < -0.3 is 15.0 Å². The van der Waals surface area contributed by atoms with E-state index < -0.39 is 17.5 Å². The second kappa shape index (κ2) is 8.71. The van der Waals surface area contributed by atoms with Crippen molar-refractivity contribution in [3.8, 4) is 0 Å². The second-order valence-electron chi connectivity index (χ2n) is 3.87. The van der Waals surface area contributed by atoms with Gasteiger partial charge in [0.05, 0.1) is 23.5 Å². The Labute approximate surface area is 106 Å². The molecule has 3 N–H and O–H groups in total. The molecule has 3 unspecified atom stereocenters. The topological polar surface area (TPSA) is 87.7 Å². The van der Waals surface area contributed by atoms with E-state index in [2.05, 4.69) is 10.1 Å². The van der Waals surface area contributed by atoms with Crippen LogP contribution in [0.2, 0.25) is 0 Å². The maximum Gasteiger partial charge on any atom is 0.217 e. The number of aliphatic hydroxyl groups excluding tert-OH is 1. The van der Waals surface area contributed by atoms with Crippen LogP contribution in [-0.4, -0.2) is 52.1 Å². The zero-order chi connectivity index (χ0) is 13.4. The summed E-state index contributed by atoms with van der Waals surface area (Å²) in [5, 5.41) is 14.3. The van der Waals surface area contributed by atoms with Crippen molar-refractivity contribution in [3.63, 3.8) is 0 Å². The van der Waals surface area contributed by atoms with E-state index in [1.165, 1.54) is 13.2 Å². The van der Waals surface area contributed by atoms with Gasteiger partial charge >= 0.3 is 0 Å². The summed E-state index contributed by atoms with van der Waals surface area (Å²) in [6.45, 7) is 6.14. The molecule has 0 aliphatic carbocycles. The summed E-state index contributed by atoms with van der Waals surface area (Å²) in [4.78, 5) is 13.7. The van der Waals surface area contributed by atoms with Gasteiger partial charge in [-0.3, -0.25) is 4.79 Å². The van der Waals surface area contributed by atoms with E-state index in [1.54, 1.807) is 5.01 Å². The normalized spacial score (nSPS) is 16.6. The van der Waals surface area contributed by atoms with E-state index in [-0.39, 0.29) is 11.9 Å². The van der Waals surface area contributed by atoms with Gasteiger partial charge in [0.1, 0.15) is 6.26 Å². The SMILES string of the molecule is CCC(NC(C)=O)C(O)CN(CC)N[S+](C)[O-]. The Bertz CT molecular complexity index is 229. The summed E-state index contributed by atoms with van der Waals surface area (Å²) < 4.78 is 11.0. The van der Waals surface area contributed by atoms with Crippen LogP contribution < -0.4 is 10.1 Å². The van der Waals surface area contributed by atoms with Gasteiger partial charge in [-0.25, -0.2) is 5.01 Å². The lowest BCUT2D eigenvalue weighted by atomic mass is 10.1. The fourth-order valence-corrected chi connectivity index (χ4v) is 2.06. The van der Waals surface area contributed by atoms with E-state index in [0.29, 0.717) is 19.5 Å². The minimum atomic E-state index is -1.16. The summed E-state index contributed by atoms with van der Waals surface area (Å²) >= 11 is -1.16. The number of nitrogens with one attached hydrogen (secondary N) is 2. The highest BCUT2D eigenvalue weighted by Crippen LogP contribution is 2.01. The Morgan fingerprint density at radius 2 is 2.12 bits per heavy atom. The molecule has 0 saturated heterocycles. The zero-order valence-electron chi connectivity index (χ0n) is 10.9. The molecule has 0 radical (unpaired) electrons. The molecule has 7 heteroatoms. The summed E-state index contributed by atoms with van der Waals surface area (Å²) in [6.07, 6.45) is 1.48. The monoisotopic (exact) mass is 265 g/mol. The Morgan fingerprint density at radius 1 is 1.53 bits per heavy atom. The molecule has 0 bridgehead atoms. The van der Waals surface area contributed by atoms with Crippen molar-refractivity contribution in [3.05, 3.63) is 0 Å². The van der Waals surface area contributed by atoms with Gasteiger partial charge in [0.25, 0.3) is 0 Å². The lowest BCUT2D eigenvalue weighted by molar-refractivity contribution is -0.120. The van der Waals surface area contributed by atoms with Crippen molar-refractivity contribution < 1.29 is 14.5 Å². The third-order valence-corrected chi connectivity index (χ3v) is 2.86. The minimum Gasteiger partial charge on any atom is -0.597 e. The maximum absolute atomic E-state index is 11.0. The van der Waals surface area contributed by atoms with Crippen molar-refractivity contribution >= 4 is 17.3 Å². The van der Waals surface area contributed by atoms with E-state index in [0.717, 1.165) is 0 Å². The summed E-state index contributed by atoms with van der Waals surface area (Å²) in [5.74, 6) is -0.161. The van der Waals surface area contributed by atoms with Gasteiger partial charge in [0, 0.05) is 20.0 Å². The number of hydrogen-bond acceptors (Lipinski definition) is 5. The summed E-state index contributed by atoms with van der Waals surface area (Å²) in [5.41, 5.74) is 0. The predicted molar refractivity (Wildman–Crippen MR) is 68.4 cm³/mol. The lowest BCUT2D eigenvalue weighted by Crippen LogP contribution is -2.51. The number of carbonyl (C=O) groups is 1. The molecule has 0 spiro atoms. The van der Waals surface area contributed by atoms with Crippen molar-refractivity contribution in [1.29, 1.82) is 0 Å². The molecule has 102 valence electrons. The number of carbonyl (C=O) groups excluding carboxylic acids is 1. The number of rotatable bonds is 8. The number of likely N-dealkylation sites (N-methyl/N-ethyl adjacent to an activating group) is 1. The van der Waals surface area contributed by atoms with Crippen molar-refractivity contribution in [2.24, 2.45) is 0 Å². The maximum atomic E-state index is 11.0. The van der Waals surface area contributed by atoms with Crippen molar-refractivity contribution in [1.82, 2.24) is 15.2 Å². The van der Waals surface area contributed by atoms with Gasteiger partial charge in [-0.1, -0.05) is 18.7 Å². The predicted octanol–water partition coefficient (Wildman–Crippen LogP) is -0.618. The van der Waals surface area contributed by atoms with Crippen molar-refractivity contribution in [2.75, 3.05) is 19.3 Å². The molecule has 0 aliphatic rings. The Kier molecular flexibility index (Phi) is 8.53. The van der Waals surface area contributed by atoms with Gasteiger partial charge in [0.15, 0.2) is 0 Å². The molecule has 3 atom stereocenters. The standard InChI is InChI=1S/C10H23N3O3S/c1-5-9(11-8(3)14)10(15)7-13(6-2)12-17(4)16/h9-10,12,15H,5-7H2,1-4H3,(H,11,14). The number of amides is 1. The number of hydrazine groups is 1. The highest BCUT2D eigenvalue weighted by molar-refractivity contribution is 7.88. The first-order valence-corrected chi connectivity index (χ1v) is 7.26. The van der Waals surface area contributed by atoms with Crippen LogP contribution in [0.15, 0.2) is 0 Å². The summed E-state index contributed by atoms with van der Waals surface area (Å²) in [7, 11) is 0. The lowest BCUT2D eigenvalue weighted by Gasteiger charge is -2.28. The average molecular weight is 265 g/mol. The van der Waals surface area contributed by atoms with Crippen LogP contribution in [-0.2, 0) is 16.2 Å². The first kappa shape index (κ1) is 16.7. The molecule has 0 aliphatic heterocycles. The number of nitrogens with zero attached hydrogens (tertiary/aromatic N) is 1. The highest BCUT2D eigenvalue weighted by Gasteiger charge is 2.21. The molecule has 17 heavy (non-hydrogen) atoms. The van der Waals surface area contributed by atoms with Crippen LogP contribution in [0.25, 0.3) is 0 Å². The van der Waals surface area contributed by atoms with Crippen LogP contribution in [0.3, 0.4) is 0 Å². The number of aliphatic hydroxyl groups is 1. The van der Waals surface area contributed by atoms with Crippen LogP contribution >= 0.6 is 0 Å². The van der Waals surface area contributed by atoms with Crippen molar-refractivity contribution in [2.45, 2.75) is 39.3 Å². The fraction of sp³-hybridized carbons (Fsp3) is 0.900. The fourth-order valence-electron chi connectivity index (χ4n) is 1.50. The summed E-state index contributed by atoms with van der Waals surface area (Å²) in [6, 6.07) is -0.284. The Balaban J connectivity index is 4.25. The van der Waals surface area contributed by atoms with E-state index in [9.17, 15) is 14.5 Å². The molecule has 0 fully saturated rings. The third-order valence-electron chi connectivity index (χ3n) is 2.34. The molecule has 0 heterocycles. The molecule has 0 rings (SSSR count). The van der Waals surface area contributed by atoms with E-state index >= 15 is 0 Å². The molecule has 0 aromatic heterocycles. The average Bonchev–Trinajstić information content (AvgIpc) is 2.23. The van der Waals surface area contributed by atoms with E-state index in [4.69, 9.17) is 0 Å². The van der Waals surface area contributed by atoms with Gasteiger partial charge in [-0.05, 0) is 6.42 Å². The largest absolute Gasteiger partial charge is 0.597 e. The smallest absolute Gasteiger partial charge is 0.217 e. The van der Waals surface area contributed by atoms with Gasteiger partial charge in [-0.15, -0.1) is 0 Å². The number of hydrogen-bond donors (Lipinski definition) is 3. The van der Waals surface area contributed by atoms with Crippen LogP contribution in [0.4, 0.5) is 0 Å². The zero-order valence-corrected chi connectivity index (χ0v) is 11.7. The minimum absolute atomic E-state index is 0.161. The van der Waals surface area contributed by atoms with E-state index in [1.807, 2.05) is 13.8 Å². The van der Waals surface area contributed by atoms with Crippen LogP contribution in [0.1, 0.15) is 27.2 Å². The molecular formula is C10H23N3O3S. The Morgan fingerprint density at radius 3 is 2.47 bits per heavy atom. The molecule has 0 aromatic rings. The Hall–Kier alpha value is -0.340. The highest BCUT2D eigenvalue weighted by atomic mass is 32.2. The molecule has 1 amide bonds. The third kappa shape index (κ3) is 7.56. The molecule has 0 aromatic carbocycles. The first-order valence-electron chi connectivity index (χ1n) is 5.70. The van der Waals surface area contributed by atoms with Gasteiger partial charge in [0.2, 0.25) is 5.91 Å². The quantitative estimate of drug-likeness (QED) is 0.402. The first-order chi connectivity index (χ1) is 7.90. The molecule has 0 saturated carbocycles. The molecular weight excluding hydrogens is 242 g/mol.